The molecule has 2 aliphatic rings. The van der Waals surface area contributed by atoms with Gasteiger partial charge in [0.05, 0.1) is 11.9 Å². The SMILES string of the molecule is O=C1N=NC=C(N2Cc3ccncc3C2)C1Cl. The highest BCUT2D eigenvalue weighted by molar-refractivity contribution is 6.33. The maximum Gasteiger partial charge on any atom is 0.288 e. The lowest BCUT2D eigenvalue weighted by Crippen LogP contribution is -2.28. The van der Waals surface area contributed by atoms with E-state index in [0.717, 1.165) is 12.1 Å². The lowest BCUT2D eigenvalue weighted by Gasteiger charge is -2.24. The summed E-state index contributed by atoms with van der Waals surface area (Å²) in [6, 6.07) is 1.98. The number of halogens is 1. The lowest BCUT2D eigenvalue weighted by atomic mass is 10.2. The minimum absolute atomic E-state index is 0.404. The summed E-state index contributed by atoms with van der Waals surface area (Å²) in [5.41, 5.74) is 3.08. The van der Waals surface area contributed by atoms with Crippen LogP contribution in [0.25, 0.3) is 0 Å². The molecule has 0 aromatic carbocycles. The molecule has 0 spiro atoms. The van der Waals surface area contributed by atoms with Crippen LogP contribution in [0.3, 0.4) is 0 Å². The summed E-state index contributed by atoms with van der Waals surface area (Å²) in [5, 5.41) is 6.36. The van der Waals surface area contributed by atoms with Crippen molar-refractivity contribution in [2.75, 3.05) is 0 Å². The first-order valence-electron chi connectivity index (χ1n) is 5.21. The highest BCUT2D eigenvalue weighted by atomic mass is 35.5. The molecule has 3 heterocycles. The fourth-order valence-electron chi connectivity index (χ4n) is 2.03. The Hall–Kier alpha value is -1.75. The van der Waals surface area contributed by atoms with Crippen LogP contribution in [0.4, 0.5) is 0 Å². The van der Waals surface area contributed by atoms with Gasteiger partial charge < -0.3 is 4.90 Å². The van der Waals surface area contributed by atoms with E-state index in [2.05, 4.69) is 15.2 Å². The largest absolute Gasteiger partial charge is 0.363 e. The summed E-state index contributed by atoms with van der Waals surface area (Å²) in [7, 11) is 0. The number of amides is 1. The molecule has 0 saturated carbocycles. The van der Waals surface area contributed by atoms with Crippen molar-refractivity contribution >= 4 is 17.5 Å². The zero-order valence-corrected chi connectivity index (χ0v) is 9.63. The molecular weight excluding hydrogens is 240 g/mol. The van der Waals surface area contributed by atoms with Crippen molar-refractivity contribution in [1.82, 2.24) is 9.88 Å². The molecule has 0 fully saturated rings. The average molecular weight is 249 g/mol. The highest BCUT2D eigenvalue weighted by Crippen LogP contribution is 2.29. The second kappa shape index (κ2) is 3.92. The van der Waals surface area contributed by atoms with Crippen LogP contribution in [0.5, 0.6) is 0 Å². The first-order valence-corrected chi connectivity index (χ1v) is 5.65. The molecule has 0 N–H and O–H groups in total. The number of fused-ring (bicyclic) bond motifs is 1. The molecule has 1 amide bonds. The van der Waals surface area contributed by atoms with E-state index in [1.165, 1.54) is 5.56 Å². The Labute approximate surface area is 103 Å². The molecule has 3 rings (SSSR count). The van der Waals surface area contributed by atoms with E-state index in [0.29, 0.717) is 12.2 Å². The summed E-state index contributed by atoms with van der Waals surface area (Å²) in [5.74, 6) is -0.404. The Balaban J connectivity index is 1.88. The number of aromatic nitrogens is 1. The predicted molar refractivity (Wildman–Crippen MR) is 61.1 cm³/mol. The summed E-state index contributed by atoms with van der Waals surface area (Å²) >= 11 is 6.03. The van der Waals surface area contributed by atoms with Gasteiger partial charge in [-0.25, -0.2) is 0 Å². The molecule has 1 unspecified atom stereocenters. The predicted octanol–water partition coefficient (Wildman–Crippen LogP) is 1.84. The number of alkyl halides is 1. The van der Waals surface area contributed by atoms with E-state index in [9.17, 15) is 4.79 Å². The topological polar surface area (TPSA) is 57.9 Å². The molecule has 17 heavy (non-hydrogen) atoms. The van der Waals surface area contributed by atoms with Gasteiger partial charge in [-0.1, -0.05) is 0 Å². The molecule has 0 aliphatic carbocycles. The van der Waals surface area contributed by atoms with Crippen LogP contribution in [0.1, 0.15) is 11.1 Å². The zero-order chi connectivity index (χ0) is 11.8. The average Bonchev–Trinajstić information content (AvgIpc) is 2.76. The van der Waals surface area contributed by atoms with Gasteiger partial charge in [0.2, 0.25) is 0 Å². The molecule has 0 saturated heterocycles. The quantitative estimate of drug-likeness (QED) is 0.713. The molecule has 86 valence electrons. The lowest BCUT2D eigenvalue weighted by molar-refractivity contribution is -0.117. The summed E-state index contributed by atoms with van der Waals surface area (Å²) in [6.45, 7) is 1.44. The molecular formula is C11H9ClN4O. The van der Waals surface area contributed by atoms with Crippen molar-refractivity contribution in [2.45, 2.75) is 18.5 Å². The van der Waals surface area contributed by atoms with Gasteiger partial charge in [0.15, 0.2) is 5.38 Å². The molecule has 0 radical (unpaired) electrons. The Bertz CT molecular complexity index is 515. The van der Waals surface area contributed by atoms with Crippen LogP contribution >= 0.6 is 11.6 Å². The number of hydrogen-bond donors (Lipinski definition) is 0. The van der Waals surface area contributed by atoms with Gasteiger partial charge in [-0.05, 0) is 17.2 Å². The summed E-state index contributed by atoms with van der Waals surface area (Å²) < 4.78 is 0. The Kier molecular flexibility index (Phi) is 2.40. The monoisotopic (exact) mass is 248 g/mol. The van der Waals surface area contributed by atoms with Crippen LogP contribution < -0.4 is 0 Å². The van der Waals surface area contributed by atoms with Gasteiger partial charge in [0, 0.05) is 25.5 Å². The first-order chi connectivity index (χ1) is 8.25. The first kappa shape index (κ1) is 10.4. The van der Waals surface area contributed by atoms with E-state index in [1.807, 2.05) is 17.2 Å². The van der Waals surface area contributed by atoms with Crippen LogP contribution in [0.2, 0.25) is 0 Å². The van der Waals surface area contributed by atoms with Crippen LogP contribution in [-0.2, 0) is 17.9 Å². The number of rotatable bonds is 1. The maximum atomic E-state index is 11.4. The minimum atomic E-state index is -0.727. The van der Waals surface area contributed by atoms with Crippen LogP contribution in [0.15, 0.2) is 40.6 Å². The Morgan fingerprint density at radius 3 is 3.00 bits per heavy atom. The third-order valence-electron chi connectivity index (χ3n) is 2.91. The van der Waals surface area contributed by atoms with Crippen molar-refractivity contribution in [2.24, 2.45) is 10.2 Å². The van der Waals surface area contributed by atoms with Gasteiger partial charge in [-0.2, -0.15) is 5.11 Å². The highest BCUT2D eigenvalue weighted by Gasteiger charge is 2.30. The standard InChI is InChI=1S/C11H9ClN4O/c12-10-9(4-14-15-11(10)17)16-5-7-1-2-13-3-8(7)6-16/h1-4,10H,5-6H2. The zero-order valence-electron chi connectivity index (χ0n) is 8.88. The van der Waals surface area contributed by atoms with Crippen LogP contribution in [-0.4, -0.2) is 21.2 Å². The summed E-state index contributed by atoms with van der Waals surface area (Å²) in [4.78, 5) is 17.5. The van der Waals surface area contributed by atoms with Gasteiger partial charge in [0.25, 0.3) is 5.91 Å². The Morgan fingerprint density at radius 1 is 1.35 bits per heavy atom. The van der Waals surface area contributed by atoms with Crippen molar-refractivity contribution in [3.63, 3.8) is 0 Å². The number of carbonyl (C=O) groups excluding carboxylic acids is 1. The third-order valence-corrected chi connectivity index (χ3v) is 3.33. The molecule has 2 aliphatic heterocycles. The minimum Gasteiger partial charge on any atom is -0.363 e. The fourth-order valence-corrected chi connectivity index (χ4v) is 2.27. The summed E-state index contributed by atoms with van der Waals surface area (Å²) in [6.07, 6.45) is 5.16. The maximum absolute atomic E-state index is 11.4. The molecule has 0 bridgehead atoms. The Morgan fingerprint density at radius 2 is 2.18 bits per heavy atom. The molecule has 1 aromatic heterocycles. The second-order valence-electron chi connectivity index (χ2n) is 3.97. The van der Waals surface area contributed by atoms with E-state index in [-0.39, 0.29) is 0 Å². The molecule has 6 heteroatoms. The van der Waals surface area contributed by atoms with Crippen LogP contribution in [0, 0.1) is 0 Å². The van der Waals surface area contributed by atoms with Gasteiger partial charge >= 0.3 is 0 Å². The van der Waals surface area contributed by atoms with Crippen molar-refractivity contribution in [3.8, 4) is 0 Å². The molecule has 5 nitrogen and oxygen atoms in total. The number of pyridine rings is 1. The van der Waals surface area contributed by atoms with Crippen molar-refractivity contribution in [1.29, 1.82) is 0 Å². The number of azo groups is 1. The number of carbonyl (C=O) groups is 1. The third kappa shape index (κ3) is 1.72. The van der Waals surface area contributed by atoms with Crippen molar-refractivity contribution < 1.29 is 4.79 Å². The van der Waals surface area contributed by atoms with Gasteiger partial charge in [0.1, 0.15) is 0 Å². The molecule has 1 aromatic rings. The smallest absolute Gasteiger partial charge is 0.288 e. The van der Waals surface area contributed by atoms with E-state index < -0.39 is 11.3 Å². The van der Waals surface area contributed by atoms with Crippen molar-refractivity contribution in [3.05, 3.63) is 41.5 Å². The van der Waals surface area contributed by atoms with E-state index in [1.54, 1.807) is 12.4 Å². The van der Waals surface area contributed by atoms with Gasteiger partial charge in [-0.3, -0.25) is 9.78 Å². The number of hydrogen-bond acceptors (Lipinski definition) is 4. The molecule has 1 atom stereocenters. The second-order valence-corrected chi connectivity index (χ2v) is 4.41. The fraction of sp³-hybridized carbons (Fsp3) is 0.273. The van der Waals surface area contributed by atoms with Gasteiger partial charge in [-0.15, -0.1) is 16.7 Å². The number of nitrogens with zero attached hydrogens (tertiary/aromatic N) is 4. The van der Waals surface area contributed by atoms with E-state index >= 15 is 0 Å². The van der Waals surface area contributed by atoms with E-state index in [4.69, 9.17) is 11.6 Å². The normalized spacial score (nSPS) is 22.6.